The normalized spacial score (nSPS) is 13.0. The highest BCUT2D eigenvalue weighted by molar-refractivity contribution is 6.50. The van der Waals surface area contributed by atoms with Gasteiger partial charge in [0.2, 0.25) is 0 Å². The first-order chi connectivity index (χ1) is 26.8. The molecule has 4 heteroatoms. The van der Waals surface area contributed by atoms with Crippen LogP contribution in [0.4, 0.5) is 0 Å². The second-order valence-corrected chi connectivity index (χ2v) is 16.9. The van der Waals surface area contributed by atoms with E-state index in [1.807, 2.05) is 10.5 Å². The Balaban J connectivity index is 1.39. The van der Waals surface area contributed by atoms with Gasteiger partial charge in [-0.05, 0) is 137 Å². The van der Waals surface area contributed by atoms with Crippen molar-refractivity contribution in [1.29, 1.82) is 0 Å². The number of rotatable bonds is 8. The number of hydrogen-bond donors (Lipinski definition) is 0. The van der Waals surface area contributed by atoms with E-state index in [9.17, 15) is 0 Å². The summed E-state index contributed by atoms with van der Waals surface area (Å²) in [7, 11) is 0. The molecule has 11 aromatic rings. The van der Waals surface area contributed by atoms with Crippen molar-refractivity contribution in [3.05, 3.63) is 124 Å². The molecule has 0 aliphatic rings. The number of imidazole rings is 1. The molecule has 0 radical (unpaired) electrons. The van der Waals surface area contributed by atoms with E-state index in [0.29, 0.717) is 11.3 Å². The van der Waals surface area contributed by atoms with E-state index in [2.05, 4.69) is 126 Å². The second kappa shape index (κ2) is 11.6. The Morgan fingerprint density at radius 3 is 1.64 bits per heavy atom. The van der Waals surface area contributed by atoms with Gasteiger partial charge in [0.25, 0.3) is 5.56 Å². The third-order valence-corrected chi connectivity index (χ3v) is 12.5. The zero-order valence-corrected chi connectivity index (χ0v) is 32.2. The summed E-state index contributed by atoms with van der Waals surface area (Å²) in [5.74, 6) is 0. The Bertz CT molecular complexity index is 3340. The van der Waals surface area contributed by atoms with E-state index < -0.39 is 0 Å². The van der Waals surface area contributed by atoms with Crippen LogP contribution in [0.25, 0.3) is 104 Å². The Kier molecular flexibility index (Phi) is 6.85. The molecule has 3 aromatic heterocycles. The lowest BCUT2D eigenvalue weighted by atomic mass is 9.87. The lowest BCUT2D eigenvalue weighted by Gasteiger charge is -2.17. The molecule has 0 atom stereocenters. The highest BCUT2D eigenvalue weighted by Gasteiger charge is 2.30. The van der Waals surface area contributed by atoms with Crippen LogP contribution in [-0.4, -0.2) is 14.4 Å². The first-order valence-corrected chi connectivity index (χ1v) is 20.2. The molecule has 0 spiro atoms. The van der Waals surface area contributed by atoms with Gasteiger partial charge in [-0.1, -0.05) is 120 Å². The van der Waals surface area contributed by atoms with Crippen molar-refractivity contribution in [3.8, 4) is 22.3 Å². The number of pyridine rings is 1. The fourth-order valence-electron chi connectivity index (χ4n) is 9.91. The number of nitrogens with zero attached hydrogens (tertiary/aromatic N) is 3. The smallest absolute Gasteiger partial charge is 0.266 e. The first kappa shape index (κ1) is 32.6. The van der Waals surface area contributed by atoms with Gasteiger partial charge in [-0.15, -0.1) is 0 Å². The molecule has 0 fully saturated rings. The van der Waals surface area contributed by atoms with Crippen LogP contribution < -0.4 is 5.56 Å². The minimum absolute atomic E-state index is 0.0364. The first-order valence-electron chi connectivity index (χ1n) is 20.2. The third kappa shape index (κ3) is 4.37. The van der Waals surface area contributed by atoms with Crippen molar-refractivity contribution in [2.75, 3.05) is 0 Å². The predicted molar refractivity (Wildman–Crippen MR) is 233 cm³/mol. The summed E-state index contributed by atoms with van der Waals surface area (Å²) in [4.78, 5) is 25.7. The van der Waals surface area contributed by atoms with Crippen LogP contribution in [0.5, 0.6) is 0 Å². The van der Waals surface area contributed by atoms with Crippen LogP contribution in [0.1, 0.15) is 77.1 Å². The van der Waals surface area contributed by atoms with Gasteiger partial charge in [-0.2, -0.15) is 0 Å². The number of unbranched alkanes of at least 4 members (excludes halogenated alkanes) is 2. The van der Waals surface area contributed by atoms with Crippen LogP contribution in [-0.2, 0) is 18.3 Å². The highest BCUT2D eigenvalue weighted by atomic mass is 16.1. The van der Waals surface area contributed by atoms with Crippen molar-refractivity contribution in [2.45, 2.75) is 78.6 Å². The molecule has 0 saturated heterocycles. The van der Waals surface area contributed by atoms with E-state index in [-0.39, 0.29) is 11.0 Å². The van der Waals surface area contributed by atoms with Crippen LogP contribution in [0, 0.1) is 0 Å². The number of hydrogen-bond acceptors (Lipinski definition) is 3. The average molecular weight is 714 g/mol. The van der Waals surface area contributed by atoms with Crippen molar-refractivity contribution < 1.29 is 0 Å². The molecule has 0 N–H and O–H groups in total. The third-order valence-electron chi connectivity index (χ3n) is 12.5. The molecule has 0 amide bonds. The lowest BCUT2D eigenvalue weighted by Crippen LogP contribution is -2.14. The summed E-state index contributed by atoms with van der Waals surface area (Å²) in [6, 6.07) is 36.0. The van der Waals surface area contributed by atoms with Gasteiger partial charge in [0.05, 0.1) is 5.39 Å². The van der Waals surface area contributed by atoms with Crippen molar-refractivity contribution >= 4 is 81.4 Å². The maximum Gasteiger partial charge on any atom is 0.266 e. The Morgan fingerprint density at radius 2 is 1.07 bits per heavy atom. The maximum atomic E-state index is 15.3. The molecule has 55 heavy (non-hydrogen) atoms. The monoisotopic (exact) mass is 713 g/mol. The fourth-order valence-corrected chi connectivity index (χ4v) is 9.91. The van der Waals surface area contributed by atoms with E-state index in [4.69, 9.17) is 9.97 Å². The summed E-state index contributed by atoms with van der Waals surface area (Å²) in [6.07, 6.45) is 6.59. The summed E-state index contributed by atoms with van der Waals surface area (Å²) in [5, 5.41) is 13.9. The van der Waals surface area contributed by atoms with Gasteiger partial charge in [0, 0.05) is 16.5 Å². The van der Waals surface area contributed by atoms with Crippen molar-refractivity contribution in [2.24, 2.45) is 0 Å². The molecule has 0 unspecified atom stereocenters. The fraction of sp³-hybridized carbons (Fsp3) is 0.235. The summed E-state index contributed by atoms with van der Waals surface area (Å²) >= 11 is 0. The predicted octanol–water partition coefficient (Wildman–Crippen LogP) is 13.2. The Hall–Kier alpha value is -5.87. The summed E-state index contributed by atoms with van der Waals surface area (Å²) in [6.45, 7) is 11.0. The number of benzene rings is 7. The summed E-state index contributed by atoms with van der Waals surface area (Å²) in [5.41, 5.74) is 10.5. The largest absolute Gasteiger partial charge is 0.268 e. The van der Waals surface area contributed by atoms with Gasteiger partial charge < -0.3 is 0 Å². The SMILES string of the molecule is CCCCc1ccccc1-c1cc2c3c(=O)n4c5nc(C(C)(C)C)ccc5nc4c3c3cc(-c4ccccc4CCCC)c4ccc5ccc1c1c5c4c3c21. The zero-order chi connectivity index (χ0) is 37.3. The topological polar surface area (TPSA) is 47.3 Å². The van der Waals surface area contributed by atoms with Crippen molar-refractivity contribution in [1.82, 2.24) is 14.4 Å². The molecule has 8 aromatic carbocycles. The quantitative estimate of drug-likeness (QED) is 0.147. The second-order valence-electron chi connectivity index (χ2n) is 16.9. The molecule has 0 aliphatic heterocycles. The van der Waals surface area contributed by atoms with E-state index >= 15 is 4.79 Å². The Labute approximate surface area is 319 Å². The van der Waals surface area contributed by atoms with E-state index in [1.54, 1.807) is 0 Å². The molecule has 11 rings (SSSR count). The minimum atomic E-state index is -0.173. The van der Waals surface area contributed by atoms with Crippen LogP contribution in [0.2, 0.25) is 0 Å². The molecular formula is C51H43N3O. The molecule has 0 bridgehead atoms. The number of fused-ring (bicyclic) bond motifs is 7. The highest BCUT2D eigenvalue weighted by Crippen LogP contribution is 2.55. The standard InChI is InChI=1S/C51H43N3O/c1-6-8-14-28-16-10-12-18-31(28)35-26-37-44-42-33(35)22-20-30-21-23-34-36(32-19-13-11-17-29(32)15-9-7-2)27-38(45(44)43(34)41(30)42)47-46(37)49-52-39-24-25-40(51(3,4)5)53-48(39)54(49)50(47)55/h10-13,16-27H,6-9,14-15H2,1-5H3. The van der Waals surface area contributed by atoms with E-state index in [1.165, 1.54) is 76.5 Å². The van der Waals surface area contributed by atoms with Crippen LogP contribution in [0.15, 0.2) is 102 Å². The molecule has 268 valence electrons. The van der Waals surface area contributed by atoms with Crippen molar-refractivity contribution in [3.63, 3.8) is 0 Å². The number of aryl methyl sites for hydroxylation is 2. The molecular weight excluding hydrogens is 671 g/mol. The molecule has 3 heterocycles. The van der Waals surface area contributed by atoms with E-state index in [0.717, 1.165) is 71.3 Å². The minimum Gasteiger partial charge on any atom is -0.268 e. The number of aromatic nitrogens is 3. The van der Waals surface area contributed by atoms with Crippen LogP contribution >= 0.6 is 0 Å². The molecule has 0 aliphatic carbocycles. The van der Waals surface area contributed by atoms with Gasteiger partial charge in [-0.25, -0.2) is 14.4 Å². The summed E-state index contributed by atoms with van der Waals surface area (Å²) < 4.78 is 1.82. The zero-order valence-electron chi connectivity index (χ0n) is 32.2. The average Bonchev–Trinajstić information content (AvgIpc) is 3.85. The van der Waals surface area contributed by atoms with Gasteiger partial charge in [-0.3, -0.25) is 4.79 Å². The van der Waals surface area contributed by atoms with Gasteiger partial charge in [0.15, 0.2) is 11.3 Å². The maximum absolute atomic E-state index is 15.3. The molecule has 0 saturated carbocycles. The van der Waals surface area contributed by atoms with Gasteiger partial charge in [0.1, 0.15) is 5.52 Å². The lowest BCUT2D eigenvalue weighted by molar-refractivity contribution is 0.571. The molecule has 4 nitrogen and oxygen atoms in total. The van der Waals surface area contributed by atoms with Gasteiger partial charge >= 0.3 is 0 Å². The Morgan fingerprint density at radius 1 is 0.527 bits per heavy atom. The van der Waals surface area contributed by atoms with Crippen LogP contribution in [0.3, 0.4) is 0 Å².